The summed E-state index contributed by atoms with van der Waals surface area (Å²) >= 11 is 3.33. The minimum absolute atomic E-state index is 0.0408. The van der Waals surface area contributed by atoms with Gasteiger partial charge in [-0.3, -0.25) is 5.43 Å². The van der Waals surface area contributed by atoms with Crippen LogP contribution in [0.15, 0.2) is 67.3 Å². The minimum atomic E-state index is -0.631. The second-order valence-corrected chi connectivity index (χ2v) is 5.84. The molecule has 1 heterocycles. The lowest BCUT2D eigenvalue weighted by molar-refractivity contribution is 0.466. The van der Waals surface area contributed by atoms with Gasteiger partial charge in [-0.15, -0.1) is 0 Å². The van der Waals surface area contributed by atoms with E-state index in [0.29, 0.717) is 16.7 Å². The maximum Gasteiger partial charge on any atom is 0.349 e. The van der Waals surface area contributed by atoms with Gasteiger partial charge in [0.05, 0.1) is 16.8 Å². The van der Waals surface area contributed by atoms with Crippen molar-refractivity contribution in [3.8, 4) is 5.75 Å². The number of halogens is 1. The van der Waals surface area contributed by atoms with Crippen molar-refractivity contribution in [2.45, 2.75) is 6.92 Å². The molecular weight excluding hydrogens is 360 g/mol. The fourth-order valence-corrected chi connectivity index (χ4v) is 2.56. The third-order valence-corrected chi connectivity index (χ3v) is 3.82. The van der Waals surface area contributed by atoms with E-state index in [1.54, 1.807) is 25.1 Å². The van der Waals surface area contributed by atoms with Crippen molar-refractivity contribution < 1.29 is 9.52 Å². The number of benzene rings is 2. The number of anilines is 1. The fourth-order valence-electron chi connectivity index (χ4n) is 2.19. The standard InChI is InChI=1S/C17H13BrN2O3/c1-10(19-20-12-5-3-2-4-6-12)15-16(21)13-9-11(18)7-8-14(13)23-17(15)22/h2-9,20-21H,1H3/b19-10+. The van der Waals surface area contributed by atoms with Crippen LogP contribution in [0, 0.1) is 0 Å². The summed E-state index contributed by atoms with van der Waals surface area (Å²) in [5, 5.41) is 15.0. The molecule has 3 aromatic rings. The van der Waals surface area contributed by atoms with Gasteiger partial charge in [0, 0.05) is 4.47 Å². The third kappa shape index (κ3) is 3.12. The van der Waals surface area contributed by atoms with Crippen LogP contribution in [0.2, 0.25) is 0 Å². The molecule has 0 spiro atoms. The van der Waals surface area contributed by atoms with Gasteiger partial charge in [0.1, 0.15) is 16.9 Å². The van der Waals surface area contributed by atoms with Crippen LogP contribution in [0.1, 0.15) is 12.5 Å². The highest BCUT2D eigenvalue weighted by atomic mass is 79.9. The highest BCUT2D eigenvalue weighted by molar-refractivity contribution is 9.10. The molecule has 6 heteroatoms. The monoisotopic (exact) mass is 372 g/mol. The number of nitrogens with one attached hydrogen (secondary N) is 1. The van der Waals surface area contributed by atoms with Gasteiger partial charge in [0.25, 0.3) is 0 Å². The van der Waals surface area contributed by atoms with Gasteiger partial charge in [-0.25, -0.2) is 4.79 Å². The molecular formula is C17H13BrN2O3. The van der Waals surface area contributed by atoms with E-state index in [2.05, 4.69) is 26.5 Å². The van der Waals surface area contributed by atoms with E-state index in [1.807, 2.05) is 30.3 Å². The molecule has 0 aliphatic rings. The number of aromatic hydroxyl groups is 1. The van der Waals surface area contributed by atoms with Gasteiger partial charge in [-0.05, 0) is 37.3 Å². The minimum Gasteiger partial charge on any atom is -0.506 e. The topological polar surface area (TPSA) is 74.8 Å². The molecule has 0 aliphatic carbocycles. The summed E-state index contributed by atoms with van der Waals surface area (Å²) in [5.41, 5.74) is 3.69. The zero-order valence-corrected chi connectivity index (χ0v) is 13.8. The average Bonchev–Trinajstić information content (AvgIpc) is 2.55. The molecule has 5 nitrogen and oxygen atoms in total. The highest BCUT2D eigenvalue weighted by Crippen LogP contribution is 2.29. The van der Waals surface area contributed by atoms with Crippen molar-refractivity contribution in [1.82, 2.24) is 0 Å². The van der Waals surface area contributed by atoms with Crippen molar-refractivity contribution in [3.05, 3.63) is 69.0 Å². The number of hydrogen-bond donors (Lipinski definition) is 2. The number of hydrogen-bond acceptors (Lipinski definition) is 5. The van der Waals surface area contributed by atoms with Crippen LogP contribution in [0.5, 0.6) is 5.75 Å². The van der Waals surface area contributed by atoms with E-state index >= 15 is 0 Å². The molecule has 0 unspecified atom stereocenters. The Morgan fingerprint density at radius 2 is 1.96 bits per heavy atom. The Hall–Kier alpha value is -2.60. The van der Waals surface area contributed by atoms with Crippen LogP contribution in [0.4, 0.5) is 5.69 Å². The second kappa shape index (κ2) is 6.26. The lowest BCUT2D eigenvalue weighted by Gasteiger charge is -2.07. The maximum atomic E-state index is 12.1. The summed E-state index contributed by atoms with van der Waals surface area (Å²) in [6.45, 7) is 1.63. The number of para-hydroxylation sites is 1. The molecule has 3 rings (SSSR count). The van der Waals surface area contributed by atoms with Crippen LogP contribution in [-0.2, 0) is 0 Å². The summed E-state index contributed by atoms with van der Waals surface area (Å²) in [5.74, 6) is -0.145. The highest BCUT2D eigenvalue weighted by Gasteiger charge is 2.16. The predicted octanol–water partition coefficient (Wildman–Crippen LogP) is 4.10. The Morgan fingerprint density at radius 1 is 1.22 bits per heavy atom. The maximum absolute atomic E-state index is 12.1. The molecule has 0 aliphatic heterocycles. The van der Waals surface area contributed by atoms with E-state index < -0.39 is 5.63 Å². The van der Waals surface area contributed by atoms with Crippen molar-refractivity contribution >= 4 is 38.3 Å². The summed E-state index contributed by atoms with van der Waals surface area (Å²) in [6.07, 6.45) is 0. The first kappa shape index (κ1) is 15.3. The molecule has 2 N–H and O–H groups in total. The van der Waals surface area contributed by atoms with E-state index in [-0.39, 0.29) is 11.3 Å². The fraction of sp³-hybridized carbons (Fsp3) is 0.0588. The van der Waals surface area contributed by atoms with E-state index in [0.717, 1.165) is 10.2 Å². The molecule has 116 valence electrons. The quantitative estimate of drug-likeness (QED) is 0.412. The van der Waals surface area contributed by atoms with E-state index in [9.17, 15) is 9.90 Å². The normalized spacial score (nSPS) is 11.7. The van der Waals surface area contributed by atoms with Crippen molar-refractivity contribution in [3.63, 3.8) is 0 Å². The summed E-state index contributed by atoms with van der Waals surface area (Å²) in [6, 6.07) is 14.4. The Balaban J connectivity index is 2.06. The second-order valence-electron chi connectivity index (χ2n) is 4.93. The van der Waals surface area contributed by atoms with Gasteiger partial charge >= 0.3 is 5.63 Å². The first-order valence-corrected chi connectivity index (χ1v) is 7.66. The molecule has 0 fully saturated rings. The molecule has 0 saturated carbocycles. The van der Waals surface area contributed by atoms with E-state index in [1.165, 1.54) is 0 Å². The van der Waals surface area contributed by atoms with Crippen molar-refractivity contribution in [2.75, 3.05) is 5.43 Å². The van der Waals surface area contributed by atoms with Crippen LogP contribution >= 0.6 is 15.9 Å². The SMILES string of the molecule is C/C(=N\Nc1ccccc1)c1c(O)c2cc(Br)ccc2oc1=O. The summed E-state index contributed by atoms with van der Waals surface area (Å²) in [4.78, 5) is 12.1. The van der Waals surface area contributed by atoms with Gasteiger partial charge < -0.3 is 9.52 Å². The van der Waals surface area contributed by atoms with Crippen molar-refractivity contribution in [1.29, 1.82) is 0 Å². The Bertz CT molecular complexity index is 949. The van der Waals surface area contributed by atoms with Crippen LogP contribution < -0.4 is 11.1 Å². The van der Waals surface area contributed by atoms with Gasteiger partial charge in [-0.1, -0.05) is 34.1 Å². The predicted molar refractivity (Wildman–Crippen MR) is 94.1 cm³/mol. The Kier molecular flexibility index (Phi) is 4.16. The van der Waals surface area contributed by atoms with Crippen LogP contribution in [0.3, 0.4) is 0 Å². The zero-order chi connectivity index (χ0) is 16.4. The molecule has 0 radical (unpaired) electrons. The van der Waals surface area contributed by atoms with E-state index in [4.69, 9.17) is 4.42 Å². The molecule has 0 saturated heterocycles. The lowest BCUT2D eigenvalue weighted by atomic mass is 10.1. The Morgan fingerprint density at radius 3 is 2.70 bits per heavy atom. The summed E-state index contributed by atoms with van der Waals surface area (Å²) in [7, 11) is 0. The molecule has 2 aromatic carbocycles. The average molecular weight is 373 g/mol. The third-order valence-electron chi connectivity index (χ3n) is 3.33. The molecule has 0 bridgehead atoms. The van der Waals surface area contributed by atoms with Gasteiger partial charge in [0.2, 0.25) is 0 Å². The molecule has 23 heavy (non-hydrogen) atoms. The smallest absolute Gasteiger partial charge is 0.349 e. The van der Waals surface area contributed by atoms with Gasteiger partial charge in [-0.2, -0.15) is 5.10 Å². The molecule has 1 aromatic heterocycles. The number of nitrogens with zero attached hydrogens (tertiary/aromatic N) is 1. The van der Waals surface area contributed by atoms with Crippen LogP contribution in [-0.4, -0.2) is 10.8 Å². The largest absolute Gasteiger partial charge is 0.506 e. The lowest BCUT2D eigenvalue weighted by Crippen LogP contribution is -2.14. The molecule has 0 atom stereocenters. The molecule has 0 amide bonds. The number of rotatable bonds is 3. The van der Waals surface area contributed by atoms with Gasteiger partial charge in [0.15, 0.2) is 0 Å². The first-order valence-electron chi connectivity index (χ1n) is 6.87. The number of fused-ring (bicyclic) bond motifs is 1. The first-order chi connectivity index (χ1) is 11.1. The zero-order valence-electron chi connectivity index (χ0n) is 12.2. The summed E-state index contributed by atoms with van der Waals surface area (Å²) < 4.78 is 6.03. The Labute approximate surface area is 140 Å². The van der Waals surface area contributed by atoms with Crippen LogP contribution in [0.25, 0.3) is 11.0 Å². The van der Waals surface area contributed by atoms with Crippen molar-refractivity contribution in [2.24, 2.45) is 5.10 Å². The number of hydrazone groups is 1.